The molecular weight excluding hydrogens is 152 g/mol. The first-order valence-corrected chi connectivity index (χ1v) is 4.29. The molecule has 0 bridgehead atoms. The molecule has 3 nitrogen and oxygen atoms in total. The van der Waals surface area contributed by atoms with Gasteiger partial charge >= 0.3 is 5.97 Å². The van der Waals surface area contributed by atoms with Gasteiger partial charge in [0.15, 0.2) is 0 Å². The molecule has 0 aliphatic heterocycles. The van der Waals surface area contributed by atoms with Crippen molar-refractivity contribution < 1.29 is 14.7 Å². The Labute approximate surface area is 64.8 Å². The van der Waals surface area contributed by atoms with E-state index in [1.807, 2.05) is 12.5 Å². The number of aliphatic carboxylic acids is 1. The van der Waals surface area contributed by atoms with Crippen LogP contribution in [-0.4, -0.2) is 29.4 Å². The Balaban J connectivity index is 0. The molecular formula is C6H12O3S. The van der Waals surface area contributed by atoms with Crippen LogP contribution in [0.4, 0.5) is 0 Å². The van der Waals surface area contributed by atoms with Crippen LogP contribution in [0.25, 0.3) is 0 Å². The van der Waals surface area contributed by atoms with Crippen molar-refractivity contribution in [3.8, 4) is 0 Å². The summed E-state index contributed by atoms with van der Waals surface area (Å²) in [5.41, 5.74) is 0. The van der Waals surface area contributed by atoms with Crippen molar-refractivity contribution in [1.29, 1.82) is 0 Å². The minimum atomic E-state index is -1.06. The molecule has 4 heteroatoms. The molecule has 0 heterocycles. The second-order valence-corrected chi connectivity index (χ2v) is 2.50. The molecule has 0 fully saturated rings. The number of carbonyl (C=O) groups excluding carboxylic acids is 1. The molecule has 0 aromatic rings. The van der Waals surface area contributed by atoms with Crippen molar-refractivity contribution in [2.75, 3.05) is 12.5 Å². The fourth-order valence-electron chi connectivity index (χ4n) is 0.213. The highest BCUT2D eigenvalue weighted by atomic mass is 32.2. The van der Waals surface area contributed by atoms with Crippen molar-refractivity contribution >= 4 is 23.5 Å². The zero-order valence-electron chi connectivity index (χ0n) is 6.38. The molecule has 10 heavy (non-hydrogen) atoms. The zero-order chi connectivity index (χ0) is 8.57. The molecule has 0 aromatic carbocycles. The molecule has 0 saturated carbocycles. The number of carboxylic acids is 1. The van der Waals surface area contributed by atoms with Gasteiger partial charge in [-0.05, 0) is 19.4 Å². The maximum Gasteiger partial charge on any atom is 0.310 e. The van der Waals surface area contributed by atoms with Gasteiger partial charge in [0.1, 0.15) is 12.2 Å². The van der Waals surface area contributed by atoms with E-state index in [9.17, 15) is 9.59 Å². The SMILES string of the molecule is CC(=O)CC(=O)O.CSC. The molecule has 0 aliphatic rings. The monoisotopic (exact) mass is 164 g/mol. The van der Waals surface area contributed by atoms with E-state index in [1.54, 1.807) is 11.8 Å². The minimum Gasteiger partial charge on any atom is -0.481 e. The van der Waals surface area contributed by atoms with Gasteiger partial charge < -0.3 is 5.11 Å². The first-order chi connectivity index (χ1) is 4.54. The number of ketones is 1. The van der Waals surface area contributed by atoms with Gasteiger partial charge in [0.25, 0.3) is 0 Å². The number of carboxylic acid groups (broad SMARTS) is 1. The number of hydrogen-bond donors (Lipinski definition) is 1. The number of rotatable bonds is 2. The van der Waals surface area contributed by atoms with Crippen LogP contribution >= 0.6 is 11.8 Å². The predicted molar refractivity (Wildman–Crippen MR) is 42.4 cm³/mol. The summed E-state index contributed by atoms with van der Waals surface area (Å²) in [5.74, 6) is -1.37. The second kappa shape index (κ2) is 8.49. The van der Waals surface area contributed by atoms with E-state index in [2.05, 4.69) is 0 Å². The molecule has 0 amide bonds. The zero-order valence-corrected chi connectivity index (χ0v) is 7.20. The molecule has 0 aliphatic carbocycles. The topological polar surface area (TPSA) is 54.4 Å². The maximum atomic E-state index is 9.87. The minimum absolute atomic E-state index is 0.312. The number of hydrogen-bond acceptors (Lipinski definition) is 3. The highest BCUT2D eigenvalue weighted by molar-refractivity contribution is 7.97. The van der Waals surface area contributed by atoms with Crippen molar-refractivity contribution in [2.45, 2.75) is 13.3 Å². The molecule has 0 radical (unpaired) electrons. The third-order valence-electron chi connectivity index (χ3n) is 0.400. The summed E-state index contributed by atoms with van der Waals surface area (Å²) in [6.07, 6.45) is 3.72. The summed E-state index contributed by atoms with van der Waals surface area (Å²) in [7, 11) is 0. The molecule has 0 unspecified atom stereocenters. The van der Waals surface area contributed by atoms with Gasteiger partial charge in [-0.15, -0.1) is 0 Å². The maximum absolute atomic E-state index is 9.87. The van der Waals surface area contributed by atoms with Gasteiger partial charge in [0.05, 0.1) is 0 Å². The quantitative estimate of drug-likeness (QED) is 0.619. The molecule has 0 saturated heterocycles. The fraction of sp³-hybridized carbons (Fsp3) is 0.667. The summed E-state index contributed by atoms with van der Waals surface area (Å²) in [6, 6.07) is 0. The van der Waals surface area contributed by atoms with Crippen LogP contribution in [0.15, 0.2) is 0 Å². The first-order valence-electron chi connectivity index (χ1n) is 2.66. The van der Waals surface area contributed by atoms with Crippen molar-refractivity contribution in [3.05, 3.63) is 0 Å². The number of thioether (sulfide) groups is 1. The predicted octanol–water partition coefficient (Wildman–Crippen LogP) is 1.03. The Hall–Kier alpha value is -0.510. The smallest absolute Gasteiger partial charge is 0.310 e. The van der Waals surface area contributed by atoms with Gasteiger partial charge in [-0.3, -0.25) is 9.59 Å². The van der Waals surface area contributed by atoms with Crippen LogP contribution in [0.3, 0.4) is 0 Å². The highest BCUT2D eigenvalue weighted by Crippen LogP contribution is 1.77. The Kier molecular flexibility index (Phi) is 10.4. The van der Waals surface area contributed by atoms with Gasteiger partial charge in [0.2, 0.25) is 0 Å². The number of carbonyl (C=O) groups is 2. The Morgan fingerprint density at radius 3 is 1.70 bits per heavy atom. The van der Waals surface area contributed by atoms with E-state index in [-0.39, 0.29) is 12.2 Å². The lowest BCUT2D eigenvalue weighted by Gasteiger charge is -1.80. The lowest BCUT2D eigenvalue weighted by Crippen LogP contribution is -2.00. The van der Waals surface area contributed by atoms with Crippen molar-refractivity contribution in [1.82, 2.24) is 0 Å². The summed E-state index contributed by atoms with van der Waals surface area (Å²) in [6.45, 7) is 1.24. The van der Waals surface area contributed by atoms with E-state index in [0.29, 0.717) is 0 Å². The third kappa shape index (κ3) is 25.9. The van der Waals surface area contributed by atoms with Gasteiger partial charge in [-0.2, -0.15) is 11.8 Å². The molecule has 0 aromatic heterocycles. The Morgan fingerprint density at radius 2 is 1.70 bits per heavy atom. The van der Waals surface area contributed by atoms with E-state index in [0.717, 1.165) is 0 Å². The largest absolute Gasteiger partial charge is 0.481 e. The van der Waals surface area contributed by atoms with Gasteiger partial charge in [-0.1, -0.05) is 0 Å². The second-order valence-electron chi connectivity index (χ2n) is 1.68. The van der Waals surface area contributed by atoms with Crippen molar-refractivity contribution in [3.63, 3.8) is 0 Å². The standard InChI is InChI=1S/C4H6O3.C2H6S/c1-3(5)2-4(6)7;1-3-2/h2H2,1H3,(H,6,7);1-2H3. The lowest BCUT2D eigenvalue weighted by molar-refractivity contribution is -0.139. The van der Waals surface area contributed by atoms with E-state index in [1.165, 1.54) is 6.92 Å². The molecule has 0 spiro atoms. The van der Waals surface area contributed by atoms with Crippen LogP contribution in [0.5, 0.6) is 0 Å². The molecule has 0 atom stereocenters. The first kappa shape index (κ1) is 12.2. The summed E-state index contributed by atoms with van der Waals surface area (Å²) >= 11 is 1.75. The summed E-state index contributed by atoms with van der Waals surface area (Å²) < 4.78 is 0. The summed E-state index contributed by atoms with van der Waals surface area (Å²) in [5, 5.41) is 7.86. The van der Waals surface area contributed by atoms with Crippen molar-refractivity contribution in [2.24, 2.45) is 0 Å². The van der Waals surface area contributed by atoms with Crippen LogP contribution in [0.2, 0.25) is 0 Å². The fourth-order valence-corrected chi connectivity index (χ4v) is 0.213. The van der Waals surface area contributed by atoms with Crippen LogP contribution in [-0.2, 0) is 9.59 Å². The van der Waals surface area contributed by atoms with E-state index in [4.69, 9.17) is 5.11 Å². The molecule has 0 rings (SSSR count). The average molecular weight is 164 g/mol. The number of Topliss-reactive ketones (excluding diaryl/α,β-unsaturated/α-hetero) is 1. The molecule has 1 N–H and O–H groups in total. The van der Waals surface area contributed by atoms with E-state index < -0.39 is 5.97 Å². The molecule has 60 valence electrons. The summed E-state index contributed by atoms with van der Waals surface area (Å²) in [4.78, 5) is 19.5. The van der Waals surface area contributed by atoms with E-state index >= 15 is 0 Å². The van der Waals surface area contributed by atoms with Gasteiger partial charge in [0, 0.05) is 0 Å². The van der Waals surface area contributed by atoms with Crippen LogP contribution in [0, 0.1) is 0 Å². The normalized spacial score (nSPS) is 7.50. The lowest BCUT2D eigenvalue weighted by atomic mass is 10.3. The Morgan fingerprint density at radius 1 is 1.40 bits per heavy atom. The highest BCUT2D eigenvalue weighted by Gasteiger charge is 1.98. The Bertz CT molecular complexity index is 99.6. The van der Waals surface area contributed by atoms with Crippen LogP contribution in [0.1, 0.15) is 13.3 Å². The van der Waals surface area contributed by atoms with Gasteiger partial charge in [-0.25, -0.2) is 0 Å². The third-order valence-corrected chi connectivity index (χ3v) is 0.400. The average Bonchev–Trinajstić information content (AvgIpc) is 1.62. The van der Waals surface area contributed by atoms with Crippen LogP contribution < -0.4 is 0 Å².